The number of aromatic nitrogens is 2. The van der Waals surface area contributed by atoms with Gasteiger partial charge in [0.1, 0.15) is 18.9 Å². The Balaban J connectivity index is 1.63. The third-order valence-electron chi connectivity index (χ3n) is 3.75. The summed E-state index contributed by atoms with van der Waals surface area (Å²) in [6.45, 7) is 3.98. The van der Waals surface area contributed by atoms with E-state index in [9.17, 15) is 4.79 Å². The normalized spacial score (nSPS) is 12.5. The first-order chi connectivity index (χ1) is 12.3. The lowest BCUT2D eigenvalue weighted by Crippen LogP contribution is -2.17. The molecule has 25 heavy (non-hydrogen) atoms. The number of nitrogens with zero attached hydrogens (tertiary/aromatic N) is 2. The van der Waals surface area contributed by atoms with Crippen LogP contribution in [0.1, 0.15) is 36.7 Å². The van der Waals surface area contributed by atoms with Gasteiger partial charge >= 0.3 is 0 Å². The van der Waals surface area contributed by atoms with Crippen LogP contribution in [-0.2, 0) is 0 Å². The number of fused-ring (bicyclic) bond motifs is 1. The number of carbonyl (C=O) groups is 1. The first-order valence-electron chi connectivity index (χ1n) is 8.54. The largest absolute Gasteiger partial charge is 0.486 e. The van der Waals surface area contributed by atoms with Gasteiger partial charge in [-0.3, -0.25) is 4.79 Å². The van der Waals surface area contributed by atoms with E-state index in [0.29, 0.717) is 42.0 Å². The summed E-state index contributed by atoms with van der Waals surface area (Å²) in [4.78, 5) is 20.8. The fourth-order valence-corrected chi connectivity index (χ4v) is 2.46. The fourth-order valence-electron chi connectivity index (χ4n) is 2.46. The fraction of sp³-hybridized carbons (Fsp3) is 0.389. The average molecular weight is 342 g/mol. The highest BCUT2D eigenvalue weighted by Crippen LogP contribution is 2.32. The molecule has 7 nitrogen and oxygen atoms in total. The van der Waals surface area contributed by atoms with Crippen LogP contribution in [-0.4, -0.2) is 35.6 Å². The van der Waals surface area contributed by atoms with Gasteiger partial charge in [-0.05, 0) is 24.6 Å². The number of hydrogen-bond acceptors (Lipinski definition) is 6. The summed E-state index contributed by atoms with van der Waals surface area (Å²) < 4.78 is 11.0. The predicted molar refractivity (Wildman–Crippen MR) is 95.4 cm³/mol. The number of hydrogen-bond donors (Lipinski definition) is 2. The molecule has 2 aromatic rings. The lowest BCUT2D eigenvalue weighted by atomic mass is 10.2. The Labute approximate surface area is 146 Å². The molecule has 0 atom stereocenters. The smallest absolute Gasteiger partial charge is 0.274 e. The number of rotatable bonds is 7. The number of carbonyl (C=O) groups excluding carboxylic acids is 1. The van der Waals surface area contributed by atoms with Crippen LogP contribution >= 0.6 is 0 Å². The van der Waals surface area contributed by atoms with Crippen molar-refractivity contribution in [1.29, 1.82) is 0 Å². The van der Waals surface area contributed by atoms with E-state index in [1.165, 1.54) is 0 Å². The Hall–Kier alpha value is -2.83. The van der Waals surface area contributed by atoms with Crippen molar-refractivity contribution in [3.8, 4) is 11.5 Å². The molecular formula is C18H22N4O3. The zero-order valence-electron chi connectivity index (χ0n) is 14.2. The van der Waals surface area contributed by atoms with Gasteiger partial charge in [-0.1, -0.05) is 19.8 Å². The second kappa shape index (κ2) is 8.32. The van der Waals surface area contributed by atoms with Crippen LogP contribution in [0.3, 0.4) is 0 Å². The van der Waals surface area contributed by atoms with Gasteiger partial charge in [0, 0.05) is 24.5 Å². The van der Waals surface area contributed by atoms with Crippen molar-refractivity contribution in [1.82, 2.24) is 9.97 Å². The van der Waals surface area contributed by atoms with E-state index in [1.807, 2.05) is 0 Å². The van der Waals surface area contributed by atoms with E-state index in [-0.39, 0.29) is 5.91 Å². The summed E-state index contributed by atoms with van der Waals surface area (Å²) in [5, 5.41) is 5.96. The third-order valence-corrected chi connectivity index (χ3v) is 3.75. The Bertz CT molecular complexity index is 736. The van der Waals surface area contributed by atoms with Gasteiger partial charge < -0.3 is 20.1 Å². The molecule has 2 heterocycles. The second-order valence-corrected chi connectivity index (χ2v) is 5.71. The van der Waals surface area contributed by atoms with E-state index in [2.05, 4.69) is 27.5 Å². The summed E-state index contributed by atoms with van der Waals surface area (Å²) in [6.07, 6.45) is 4.93. The summed E-state index contributed by atoms with van der Waals surface area (Å²) in [7, 11) is 0. The summed E-state index contributed by atoms with van der Waals surface area (Å²) in [6, 6.07) is 6.89. The van der Waals surface area contributed by atoms with Crippen LogP contribution in [0.5, 0.6) is 11.5 Å². The summed E-state index contributed by atoms with van der Waals surface area (Å²) >= 11 is 0. The number of anilines is 2. The molecule has 1 aliphatic heterocycles. The van der Waals surface area contributed by atoms with Gasteiger partial charge in [0.25, 0.3) is 5.91 Å². The van der Waals surface area contributed by atoms with Gasteiger partial charge in [0.15, 0.2) is 11.5 Å². The van der Waals surface area contributed by atoms with Crippen molar-refractivity contribution in [2.45, 2.75) is 26.2 Å². The zero-order chi connectivity index (χ0) is 17.5. The number of benzene rings is 1. The van der Waals surface area contributed by atoms with Crippen LogP contribution < -0.4 is 20.1 Å². The second-order valence-electron chi connectivity index (χ2n) is 5.71. The van der Waals surface area contributed by atoms with Crippen LogP contribution in [0.4, 0.5) is 11.6 Å². The van der Waals surface area contributed by atoms with Crippen LogP contribution in [0.2, 0.25) is 0 Å². The summed E-state index contributed by atoms with van der Waals surface area (Å²) in [5.41, 5.74) is 0.938. The molecular weight excluding hydrogens is 320 g/mol. The number of ether oxygens (including phenoxy) is 2. The van der Waals surface area contributed by atoms with Crippen LogP contribution in [0.15, 0.2) is 30.5 Å². The zero-order valence-corrected chi connectivity index (χ0v) is 14.2. The molecule has 1 amide bonds. The van der Waals surface area contributed by atoms with Gasteiger partial charge in [-0.25, -0.2) is 9.97 Å². The molecule has 0 fully saturated rings. The van der Waals surface area contributed by atoms with E-state index in [1.54, 1.807) is 30.5 Å². The molecule has 0 unspecified atom stereocenters. The Morgan fingerprint density at radius 2 is 2.00 bits per heavy atom. The highest BCUT2D eigenvalue weighted by molar-refractivity contribution is 6.03. The molecule has 0 spiro atoms. The Morgan fingerprint density at radius 3 is 2.84 bits per heavy atom. The standard InChI is InChI=1S/C18H22N4O3/c1-2-3-4-8-19-18-20-9-7-14(22-18)17(23)21-13-5-6-15-16(12-13)25-11-10-24-15/h5-7,9,12H,2-4,8,10-11H2,1H3,(H,21,23)(H,19,20,22). The van der Waals surface area contributed by atoms with Crippen molar-refractivity contribution >= 4 is 17.5 Å². The maximum Gasteiger partial charge on any atom is 0.274 e. The Kier molecular flexibility index (Phi) is 5.66. The minimum atomic E-state index is -0.296. The van der Waals surface area contributed by atoms with Crippen molar-refractivity contribution in [3.05, 3.63) is 36.2 Å². The van der Waals surface area contributed by atoms with E-state index in [0.717, 1.165) is 25.8 Å². The van der Waals surface area contributed by atoms with Gasteiger partial charge in [0.05, 0.1) is 0 Å². The van der Waals surface area contributed by atoms with E-state index in [4.69, 9.17) is 9.47 Å². The number of unbranched alkanes of at least 4 members (excludes halogenated alkanes) is 2. The molecule has 1 aromatic heterocycles. The Morgan fingerprint density at radius 1 is 1.16 bits per heavy atom. The molecule has 1 aromatic carbocycles. The highest BCUT2D eigenvalue weighted by atomic mass is 16.6. The minimum absolute atomic E-state index is 0.296. The van der Waals surface area contributed by atoms with Crippen molar-refractivity contribution in [3.63, 3.8) is 0 Å². The molecule has 3 rings (SSSR count). The molecule has 0 aliphatic carbocycles. The maximum atomic E-state index is 12.4. The third kappa shape index (κ3) is 4.59. The van der Waals surface area contributed by atoms with E-state index >= 15 is 0 Å². The SMILES string of the molecule is CCCCCNc1nccc(C(=O)Nc2ccc3c(c2)OCCO3)n1. The first kappa shape index (κ1) is 17.0. The molecule has 0 saturated carbocycles. The highest BCUT2D eigenvalue weighted by Gasteiger charge is 2.14. The minimum Gasteiger partial charge on any atom is -0.486 e. The topological polar surface area (TPSA) is 85.4 Å². The molecule has 2 N–H and O–H groups in total. The monoisotopic (exact) mass is 342 g/mol. The number of amides is 1. The molecule has 0 radical (unpaired) electrons. The number of nitrogens with one attached hydrogen (secondary N) is 2. The lowest BCUT2D eigenvalue weighted by Gasteiger charge is -2.19. The van der Waals surface area contributed by atoms with E-state index < -0.39 is 0 Å². The molecule has 1 aliphatic rings. The molecule has 132 valence electrons. The van der Waals surface area contributed by atoms with Crippen molar-refractivity contribution in [2.75, 3.05) is 30.4 Å². The van der Waals surface area contributed by atoms with Crippen LogP contribution in [0, 0.1) is 0 Å². The predicted octanol–water partition coefficient (Wildman–Crippen LogP) is 3.10. The van der Waals surface area contributed by atoms with Gasteiger partial charge in [-0.15, -0.1) is 0 Å². The quantitative estimate of drug-likeness (QED) is 0.752. The maximum absolute atomic E-state index is 12.4. The molecule has 0 saturated heterocycles. The molecule has 0 bridgehead atoms. The van der Waals surface area contributed by atoms with Gasteiger partial charge in [-0.2, -0.15) is 0 Å². The summed E-state index contributed by atoms with van der Waals surface area (Å²) in [5.74, 6) is 1.48. The van der Waals surface area contributed by atoms with Crippen molar-refractivity contribution < 1.29 is 14.3 Å². The lowest BCUT2D eigenvalue weighted by molar-refractivity contribution is 0.102. The first-order valence-corrected chi connectivity index (χ1v) is 8.54. The average Bonchev–Trinajstić information content (AvgIpc) is 2.65. The van der Waals surface area contributed by atoms with Gasteiger partial charge in [0.2, 0.25) is 5.95 Å². The van der Waals surface area contributed by atoms with Crippen molar-refractivity contribution in [2.24, 2.45) is 0 Å². The van der Waals surface area contributed by atoms with Crippen LogP contribution in [0.25, 0.3) is 0 Å². The molecule has 7 heteroatoms.